The van der Waals surface area contributed by atoms with Crippen LogP contribution >= 0.6 is 0 Å². The Morgan fingerprint density at radius 1 is 1.24 bits per heavy atom. The molecular weight excluding hydrogens is 390 g/mol. The lowest BCUT2D eigenvalue weighted by Gasteiger charge is -2.46. The Bertz CT molecular complexity index is 845. The molecule has 3 aliphatic heterocycles. The summed E-state index contributed by atoms with van der Waals surface area (Å²) in [6.45, 7) is 3.41. The highest BCUT2D eigenvalue weighted by atomic mass is 32.2. The Hall–Kier alpha value is -1.51. The molecule has 4 rings (SSSR count). The summed E-state index contributed by atoms with van der Waals surface area (Å²) in [6.07, 6.45) is 3.21. The lowest BCUT2D eigenvalue weighted by Crippen LogP contribution is -2.52. The molecular formula is C21H31N3O4S. The normalized spacial score (nSPS) is 29.5. The van der Waals surface area contributed by atoms with E-state index in [-0.39, 0.29) is 18.1 Å². The number of piperidine rings is 1. The van der Waals surface area contributed by atoms with Gasteiger partial charge < -0.3 is 9.30 Å². The fourth-order valence-corrected chi connectivity index (χ4v) is 6.50. The molecule has 7 nitrogen and oxygen atoms in total. The van der Waals surface area contributed by atoms with Crippen molar-refractivity contribution in [2.75, 3.05) is 45.3 Å². The third-order valence-electron chi connectivity index (χ3n) is 6.65. The number of esters is 1. The van der Waals surface area contributed by atoms with Gasteiger partial charge in [-0.25, -0.2) is 0 Å². The number of pyridine rings is 1. The van der Waals surface area contributed by atoms with Crippen molar-refractivity contribution >= 4 is 16.8 Å². The van der Waals surface area contributed by atoms with Crippen LogP contribution in [0.3, 0.4) is 0 Å². The number of carbonyl (C=O) groups is 1. The van der Waals surface area contributed by atoms with E-state index in [4.69, 9.17) is 4.74 Å². The van der Waals surface area contributed by atoms with Gasteiger partial charge in [-0.3, -0.25) is 23.6 Å². The van der Waals surface area contributed by atoms with Crippen molar-refractivity contribution in [1.29, 1.82) is 0 Å². The summed E-state index contributed by atoms with van der Waals surface area (Å²) in [6, 6.07) is 4.59. The Labute approximate surface area is 174 Å². The third-order valence-corrected chi connectivity index (χ3v) is 8.03. The van der Waals surface area contributed by atoms with Gasteiger partial charge >= 0.3 is 5.97 Å². The van der Waals surface area contributed by atoms with E-state index >= 15 is 0 Å². The number of nitrogens with zero attached hydrogens (tertiary/aromatic N) is 3. The van der Waals surface area contributed by atoms with Crippen molar-refractivity contribution in [3.63, 3.8) is 0 Å². The van der Waals surface area contributed by atoms with Gasteiger partial charge in [0.05, 0.1) is 13.7 Å². The Kier molecular flexibility index (Phi) is 6.22. The molecule has 1 aromatic heterocycles. The molecule has 1 aromatic rings. The average molecular weight is 422 g/mol. The van der Waals surface area contributed by atoms with Gasteiger partial charge in [0.15, 0.2) is 0 Å². The van der Waals surface area contributed by atoms with Crippen LogP contribution in [0.2, 0.25) is 0 Å². The SMILES string of the molecule is COC(=O)CN(C)Cc1ccc2n(c1=O)C[C@H]1C[C@@H]2CN(C2CCS(=O)CC2)C1. The van der Waals surface area contributed by atoms with Gasteiger partial charge in [-0.1, -0.05) is 6.07 Å². The number of ether oxygens (including phenoxy) is 1. The first-order valence-corrected chi connectivity index (χ1v) is 12.0. The van der Waals surface area contributed by atoms with Crippen LogP contribution in [0.5, 0.6) is 0 Å². The first kappa shape index (κ1) is 20.8. The lowest BCUT2D eigenvalue weighted by molar-refractivity contribution is -0.141. The van der Waals surface area contributed by atoms with E-state index in [0.29, 0.717) is 24.4 Å². The Morgan fingerprint density at radius 3 is 2.72 bits per heavy atom. The van der Waals surface area contributed by atoms with Crippen molar-refractivity contribution in [2.24, 2.45) is 5.92 Å². The number of methoxy groups -OCH3 is 1. The van der Waals surface area contributed by atoms with Crippen LogP contribution in [0, 0.1) is 5.92 Å². The van der Waals surface area contributed by atoms with Gasteiger partial charge in [0, 0.05) is 71.7 Å². The van der Waals surface area contributed by atoms with Crippen LogP contribution in [-0.4, -0.2) is 75.9 Å². The molecule has 0 unspecified atom stereocenters. The number of rotatable bonds is 5. The second-order valence-corrected chi connectivity index (χ2v) is 10.5. The van der Waals surface area contributed by atoms with Gasteiger partial charge in [-0.2, -0.15) is 0 Å². The fourth-order valence-electron chi connectivity index (χ4n) is 5.22. The number of carbonyl (C=O) groups excluding carboxylic acids is 1. The third kappa shape index (κ3) is 4.49. The summed E-state index contributed by atoms with van der Waals surface area (Å²) in [5.41, 5.74) is 1.96. The van der Waals surface area contributed by atoms with E-state index in [1.54, 1.807) is 0 Å². The van der Waals surface area contributed by atoms with Crippen molar-refractivity contribution in [3.8, 4) is 0 Å². The quantitative estimate of drug-likeness (QED) is 0.655. The lowest BCUT2D eigenvalue weighted by atomic mass is 9.82. The molecule has 0 N–H and O–H groups in total. The largest absolute Gasteiger partial charge is 0.468 e. The summed E-state index contributed by atoms with van der Waals surface area (Å²) in [7, 11) is 2.57. The topological polar surface area (TPSA) is 71.8 Å². The zero-order chi connectivity index (χ0) is 20.5. The molecule has 29 heavy (non-hydrogen) atoms. The van der Waals surface area contributed by atoms with Gasteiger partial charge in [0.1, 0.15) is 0 Å². The van der Waals surface area contributed by atoms with Gasteiger partial charge in [0.2, 0.25) is 0 Å². The fraction of sp³-hybridized carbons (Fsp3) is 0.714. The molecule has 0 spiro atoms. The second kappa shape index (κ2) is 8.70. The van der Waals surface area contributed by atoms with Crippen molar-refractivity contribution in [2.45, 2.75) is 44.3 Å². The van der Waals surface area contributed by atoms with Crippen molar-refractivity contribution in [3.05, 3.63) is 33.7 Å². The summed E-state index contributed by atoms with van der Waals surface area (Å²) >= 11 is 0. The van der Waals surface area contributed by atoms with E-state index in [1.165, 1.54) is 7.11 Å². The predicted octanol–water partition coefficient (Wildman–Crippen LogP) is 0.783. The number of fused-ring (bicyclic) bond motifs is 4. The van der Waals surface area contributed by atoms with E-state index in [1.807, 2.05) is 22.6 Å². The zero-order valence-electron chi connectivity index (χ0n) is 17.3. The molecule has 2 bridgehead atoms. The van der Waals surface area contributed by atoms with Crippen LogP contribution in [0.1, 0.15) is 36.4 Å². The smallest absolute Gasteiger partial charge is 0.319 e. The van der Waals surface area contributed by atoms with Crippen molar-refractivity contribution in [1.82, 2.24) is 14.4 Å². The van der Waals surface area contributed by atoms with Crippen LogP contribution < -0.4 is 5.56 Å². The molecule has 0 saturated carbocycles. The van der Waals surface area contributed by atoms with Crippen LogP contribution in [0.15, 0.2) is 16.9 Å². The van der Waals surface area contributed by atoms with E-state index in [2.05, 4.69) is 11.0 Å². The molecule has 0 aliphatic carbocycles. The Balaban J connectivity index is 1.49. The molecule has 160 valence electrons. The van der Waals surface area contributed by atoms with Crippen LogP contribution in [0.25, 0.3) is 0 Å². The molecule has 4 heterocycles. The molecule has 0 radical (unpaired) electrons. The van der Waals surface area contributed by atoms with Crippen molar-refractivity contribution < 1.29 is 13.7 Å². The summed E-state index contributed by atoms with van der Waals surface area (Å²) in [5, 5.41) is 0. The minimum atomic E-state index is -0.627. The molecule has 0 amide bonds. The van der Waals surface area contributed by atoms with Gasteiger partial charge in [-0.15, -0.1) is 0 Å². The number of likely N-dealkylation sites (N-methyl/N-ethyl adjacent to an activating group) is 1. The van der Waals surface area contributed by atoms with E-state index in [9.17, 15) is 13.8 Å². The zero-order valence-corrected chi connectivity index (χ0v) is 18.2. The van der Waals surface area contributed by atoms with E-state index < -0.39 is 10.8 Å². The maximum Gasteiger partial charge on any atom is 0.319 e. The molecule has 8 heteroatoms. The summed E-state index contributed by atoms with van der Waals surface area (Å²) in [5.74, 6) is 2.25. The maximum atomic E-state index is 13.1. The standard InChI is InChI=1S/C21H31N3O4S/c1-22(14-20(25)28-2)12-16-3-4-19-17-9-15(11-24(19)21(16)26)10-23(13-17)18-5-7-29(27)8-6-18/h3-4,15,17-18H,5-14H2,1-2H3/t15-,17+,18?,29?/m0/s1. The monoisotopic (exact) mass is 421 g/mol. The predicted molar refractivity (Wildman–Crippen MR) is 112 cm³/mol. The highest BCUT2D eigenvalue weighted by Gasteiger charge is 2.38. The van der Waals surface area contributed by atoms with Crippen LogP contribution in [0.4, 0.5) is 0 Å². The molecule has 2 fully saturated rings. The van der Waals surface area contributed by atoms with E-state index in [0.717, 1.165) is 61.7 Å². The molecule has 3 aliphatic rings. The Morgan fingerprint density at radius 2 is 2.00 bits per heavy atom. The summed E-state index contributed by atoms with van der Waals surface area (Å²) in [4.78, 5) is 29.0. The minimum Gasteiger partial charge on any atom is -0.468 e. The minimum absolute atomic E-state index is 0.0791. The second-order valence-electron chi connectivity index (χ2n) is 8.78. The summed E-state index contributed by atoms with van der Waals surface area (Å²) < 4.78 is 18.4. The van der Waals surface area contributed by atoms with Gasteiger partial charge in [0.25, 0.3) is 5.56 Å². The first-order chi connectivity index (χ1) is 13.9. The highest BCUT2D eigenvalue weighted by Crippen LogP contribution is 2.37. The molecule has 2 saturated heterocycles. The number of likely N-dealkylation sites (tertiary alicyclic amines) is 1. The maximum absolute atomic E-state index is 13.1. The van der Waals surface area contributed by atoms with Gasteiger partial charge in [-0.05, 0) is 38.3 Å². The number of hydrogen-bond donors (Lipinski definition) is 0. The number of hydrogen-bond acceptors (Lipinski definition) is 6. The van der Waals surface area contributed by atoms with Crippen LogP contribution in [-0.2, 0) is 33.4 Å². The first-order valence-electron chi connectivity index (χ1n) is 10.5. The average Bonchev–Trinajstić information content (AvgIpc) is 2.70. The molecule has 0 aromatic carbocycles. The highest BCUT2D eigenvalue weighted by molar-refractivity contribution is 7.85. The number of aromatic nitrogens is 1. The molecule has 2 atom stereocenters.